The van der Waals surface area contributed by atoms with E-state index in [0.29, 0.717) is 12.1 Å². The molecule has 2 aliphatic rings. The van der Waals surface area contributed by atoms with Crippen molar-refractivity contribution < 1.29 is 9.59 Å². The molecule has 128 valence electrons. The minimum atomic E-state index is 0.0775. The molecule has 2 fully saturated rings. The second-order valence-corrected chi connectivity index (χ2v) is 6.18. The van der Waals surface area contributed by atoms with Crippen LogP contribution in [0.2, 0.25) is 0 Å². The van der Waals surface area contributed by atoms with Gasteiger partial charge in [-0.15, -0.1) is 0 Å². The molecule has 0 bridgehead atoms. The Morgan fingerprint density at radius 3 is 2.27 bits per heavy atom. The largest absolute Gasteiger partial charge is 0.352 e. The lowest BCUT2D eigenvalue weighted by Crippen LogP contribution is -2.46. The van der Waals surface area contributed by atoms with Gasteiger partial charge in [-0.2, -0.15) is 0 Å². The molecule has 2 saturated heterocycles. The van der Waals surface area contributed by atoms with Crippen LogP contribution in [0, 0.1) is 0 Å². The first-order valence-corrected chi connectivity index (χ1v) is 8.48. The number of hydrogen-bond donors (Lipinski definition) is 3. The topological polar surface area (TPSA) is 73.5 Å². The second kappa shape index (κ2) is 10.6. The number of hydrogen-bond acceptors (Lipinski definition) is 4. The molecule has 0 aromatic carbocycles. The number of carbonyl (C=O) groups excluding carboxylic acids is 2. The van der Waals surface area contributed by atoms with Gasteiger partial charge in [-0.25, -0.2) is 0 Å². The van der Waals surface area contributed by atoms with E-state index in [9.17, 15) is 9.59 Å². The molecule has 2 rings (SSSR count). The van der Waals surface area contributed by atoms with Crippen molar-refractivity contribution in [2.24, 2.45) is 0 Å². The molecule has 0 spiro atoms. The Morgan fingerprint density at radius 2 is 1.73 bits per heavy atom. The van der Waals surface area contributed by atoms with Crippen LogP contribution < -0.4 is 16.0 Å². The average molecular weight is 312 g/mol. The molecule has 0 aromatic rings. The molecular weight excluding hydrogens is 280 g/mol. The zero-order valence-corrected chi connectivity index (χ0v) is 14.3. The van der Waals surface area contributed by atoms with Crippen LogP contribution in [0.15, 0.2) is 0 Å². The fraction of sp³-hybridized carbons (Fsp3) is 0.875. The Balaban J connectivity index is 0.000000224. The van der Waals surface area contributed by atoms with Crippen molar-refractivity contribution in [2.45, 2.75) is 58.5 Å². The number of amides is 2. The van der Waals surface area contributed by atoms with Gasteiger partial charge in [0.25, 0.3) is 0 Å². The zero-order valence-electron chi connectivity index (χ0n) is 14.3. The minimum absolute atomic E-state index is 0.0775. The van der Waals surface area contributed by atoms with Gasteiger partial charge >= 0.3 is 0 Å². The Bertz CT molecular complexity index is 343. The summed E-state index contributed by atoms with van der Waals surface area (Å²) in [5, 5.41) is 9.07. The summed E-state index contributed by atoms with van der Waals surface area (Å²) in [7, 11) is 0. The molecule has 0 aromatic heterocycles. The highest BCUT2D eigenvalue weighted by molar-refractivity contribution is 5.73. The molecule has 3 N–H and O–H groups in total. The highest BCUT2D eigenvalue weighted by atomic mass is 16.2. The molecule has 0 aliphatic carbocycles. The van der Waals surface area contributed by atoms with E-state index in [1.165, 1.54) is 19.4 Å². The second-order valence-electron chi connectivity index (χ2n) is 6.18. The summed E-state index contributed by atoms with van der Waals surface area (Å²) < 4.78 is 0. The van der Waals surface area contributed by atoms with E-state index in [2.05, 4.69) is 27.8 Å². The number of likely N-dealkylation sites (tertiary alicyclic amines) is 1. The van der Waals surface area contributed by atoms with Gasteiger partial charge in [0.05, 0.1) is 0 Å². The monoisotopic (exact) mass is 312 g/mol. The molecular formula is C16H32N4O2. The van der Waals surface area contributed by atoms with Gasteiger partial charge < -0.3 is 20.9 Å². The fourth-order valence-electron chi connectivity index (χ4n) is 3.01. The van der Waals surface area contributed by atoms with E-state index >= 15 is 0 Å². The summed E-state index contributed by atoms with van der Waals surface area (Å²) in [5.41, 5.74) is 0. The molecule has 2 atom stereocenters. The summed E-state index contributed by atoms with van der Waals surface area (Å²) in [6, 6.07) is 0.752. The first-order valence-electron chi connectivity index (χ1n) is 8.48. The van der Waals surface area contributed by atoms with Crippen molar-refractivity contribution in [1.29, 1.82) is 0 Å². The third-order valence-electron chi connectivity index (χ3n) is 4.06. The lowest BCUT2D eigenvalue weighted by Gasteiger charge is -2.31. The van der Waals surface area contributed by atoms with Crippen LogP contribution in [0.1, 0.15) is 46.5 Å². The molecule has 2 aliphatic heterocycles. The molecule has 22 heavy (non-hydrogen) atoms. The Hall–Kier alpha value is -1.14. The highest BCUT2D eigenvalue weighted by Crippen LogP contribution is 2.08. The van der Waals surface area contributed by atoms with E-state index < -0.39 is 0 Å². The number of rotatable bonds is 3. The lowest BCUT2D eigenvalue weighted by atomic mass is 10.1. The first-order chi connectivity index (χ1) is 10.5. The summed E-state index contributed by atoms with van der Waals surface area (Å²) >= 11 is 0. The summed E-state index contributed by atoms with van der Waals surface area (Å²) in [6.45, 7) is 10.6. The van der Waals surface area contributed by atoms with E-state index in [1.54, 1.807) is 13.8 Å². The maximum absolute atomic E-state index is 10.8. The fourth-order valence-corrected chi connectivity index (χ4v) is 3.01. The van der Waals surface area contributed by atoms with E-state index in [-0.39, 0.29) is 11.8 Å². The number of likely N-dealkylation sites (N-methyl/N-ethyl adjacent to an activating group) is 1. The number of carbonyl (C=O) groups is 2. The first kappa shape index (κ1) is 18.9. The van der Waals surface area contributed by atoms with Crippen molar-refractivity contribution in [1.82, 2.24) is 20.9 Å². The van der Waals surface area contributed by atoms with Crippen molar-refractivity contribution in [3.05, 3.63) is 0 Å². The van der Waals surface area contributed by atoms with Crippen LogP contribution in [0.5, 0.6) is 0 Å². The van der Waals surface area contributed by atoms with Gasteiger partial charge in [-0.3, -0.25) is 9.59 Å². The van der Waals surface area contributed by atoms with Crippen molar-refractivity contribution in [3.63, 3.8) is 0 Å². The smallest absolute Gasteiger partial charge is 0.217 e. The van der Waals surface area contributed by atoms with Crippen LogP contribution in [0.3, 0.4) is 0 Å². The van der Waals surface area contributed by atoms with Gasteiger partial charge in [0.15, 0.2) is 0 Å². The highest BCUT2D eigenvalue weighted by Gasteiger charge is 2.18. The third-order valence-corrected chi connectivity index (χ3v) is 4.06. The molecule has 0 unspecified atom stereocenters. The van der Waals surface area contributed by atoms with Crippen LogP contribution in [-0.2, 0) is 9.59 Å². The average Bonchev–Trinajstić information content (AvgIpc) is 2.48. The summed E-state index contributed by atoms with van der Waals surface area (Å²) in [6.07, 6.45) is 4.63. The van der Waals surface area contributed by atoms with Crippen molar-refractivity contribution in [2.75, 3.05) is 32.7 Å². The predicted molar refractivity (Wildman–Crippen MR) is 88.7 cm³/mol. The Kier molecular flexibility index (Phi) is 9.08. The quantitative estimate of drug-likeness (QED) is 0.709. The van der Waals surface area contributed by atoms with Gasteiger partial charge in [0, 0.05) is 39.0 Å². The van der Waals surface area contributed by atoms with Crippen LogP contribution in [0.4, 0.5) is 0 Å². The lowest BCUT2D eigenvalue weighted by molar-refractivity contribution is -0.120. The maximum atomic E-state index is 10.8. The van der Waals surface area contributed by atoms with Gasteiger partial charge in [-0.1, -0.05) is 6.92 Å². The standard InChI is InChI=1S/C9H18N2O.C7H14N2O/c1-3-11-6-4-5-9(7-11)10-8(2)12;1-6(10)9-7-3-2-4-8-5-7/h9H,3-7H2,1-2H3,(H,10,12);7-8H,2-5H2,1H3,(H,9,10)/t9-;7-/m00/s1. The molecule has 6 nitrogen and oxygen atoms in total. The van der Waals surface area contributed by atoms with Gasteiger partial charge in [0.1, 0.15) is 0 Å². The SMILES string of the molecule is CC(=O)N[C@H]1CCCNC1.CCN1CCC[C@H](NC(C)=O)C1. The summed E-state index contributed by atoms with van der Waals surface area (Å²) in [4.78, 5) is 23.7. The zero-order chi connectivity index (χ0) is 16.4. The number of nitrogens with one attached hydrogen (secondary N) is 3. The Morgan fingerprint density at radius 1 is 1.09 bits per heavy atom. The van der Waals surface area contributed by atoms with Crippen LogP contribution >= 0.6 is 0 Å². The van der Waals surface area contributed by atoms with E-state index in [1.807, 2.05) is 0 Å². The molecule has 0 saturated carbocycles. The number of piperidine rings is 2. The summed E-state index contributed by atoms with van der Waals surface area (Å²) in [5.74, 6) is 0.173. The maximum Gasteiger partial charge on any atom is 0.217 e. The van der Waals surface area contributed by atoms with Gasteiger partial charge in [0.2, 0.25) is 11.8 Å². The molecule has 0 radical (unpaired) electrons. The van der Waals surface area contributed by atoms with Crippen molar-refractivity contribution in [3.8, 4) is 0 Å². The predicted octanol–water partition coefficient (Wildman–Crippen LogP) is 0.481. The van der Waals surface area contributed by atoms with E-state index in [0.717, 1.165) is 39.0 Å². The number of nitrogens with zero attached hydrogens (tertiary/aromatic N) is 1. The molecule has 6 heteroatoms. The van der Waals surface area contributed by atoms with Gasteiger partial charge in [-0.05, 0) is 45.3 Å². The van der Waals surface area contributed by atoms with E-state index in [4.69, 9.17) is 0 Å². The van der Waals surface area contributed by atoms with Crippen LogP contribution in [-0.4, -0.2) is 61.5 Å². The van der Waals surface area contributed by atoms with Crippen molar-refractivity contribution >= 4 is 11.8 Å². The molecule has 2 heterocycles. The third kappa shape index (κ3) is 8.34. The minimum Gasteiger partial charge on any atom is -0.352 e. The molecule has 2 amide bonds. The van der Waals surface area contributed by atoms with Crippen LogP contribution in [0.25, 0.3) is 0 Å². The normalized spacial score (nSPS) is 25.6. The Labute approximate surface area is 134 Å².